The van der Waals surface area contributed by atoms with Gasteiger partial charge in [0, 0.05) is 23.4 Å². The first-order valence-electron chi connectivity index (χ1n) is 10.6. The van der Waals surface area contributed by atoms with Crippen LogP contribution in [0.15, 0.2) is 30.3 Å². The maximum absolute atomic E-state index is 13.8. The summed E-state index contributed by atoms with van der Waals surface area (Å²) in [6.45, 7) is 2.53. The Labute approximate surface area is 193 Å². The normalized spacial score (nSPS) is 32.5. The third-order valence-corrected chi connectivity index (χ3v) is 8.45. The van der Waals surface area contributed by atoms with E-state index in [-0.39, 0.29) is 28.6 Å². The van der Waals surface area contributed by atoms with Gasteiger partial charge in [0.05, 0.1) is 22.9 Å². The fourth-order valence-electron chi connectivity index (χ4n) is 6.53. The van der Waals surface area contributed by atoms with Crippen LogP contribution in [0.5, 0.6) is 0 Å². The molecule has 1 unspecified atom stereocenters. The molecule has 0 bridgehead atoms. The van der Waals surface area contributed by atoms with Crippen molar-refractivity contribution in [3.05, 3.63) is 57.3 Å². The van der Waals surface area contributed by atoms with Gasteiger partial charge in [0.1, 0.15) is 23.7 Å². The largest absolute Gasteiger partial charge is 0.319 e. The van der Waals surface area contributed by atoms with E-state index in [0.717, 1.165) is 39.8 Å². The van der Waals surface area contributed by atoms with Gasteiger partial charge in [-0.25, -0.2) is 9.29 Å². The van der Waals surface area contributed by atoms with E-state index in [1.807, 2.05) is 13.0 Å². The van der Waals surface area contributed by atoms with Crippen molar-refractivity contribution in [1.82, 2.24) is 0 Å². The lowest BCUT2D eigenvalue weighted by Crippen LogP contribution is -3.19. The molecule has 6 rings (SSSR count). The molecule has 164 valence electrons. The molecule has 2 aromatic rings. The summed E-state index contributed by atoms with van der Waals surface area (Å²) in [5.74, 6) is -3.17. The molecule has 4 aliphatic rings. The Kier molecular flexibility index (Phi) is 4.11. The molecule has 3 saturated heterocycles. The van der Waals surface area contributed by atoms with Gasteiger partial charge in [0.15, 0.2) is 0 Å². The summed E-state index contributed by atoms with van der Waals surface area (Å²) < 4.78 is 13.7. The second-order valence-electron chi connectivity index (χ2n) is 8.99. The van der Waals surface area contributed by atoms with Gasteiger partial charge in [0.2, 0.25) is 17.4 Å². The minimum absolute atomic E-state index is 0.148. The van der Waals surface area contributed by atoms with E-state index in [4.69, 9.17) is 23.2 Å². The zero-order valence-corrected chi connectivity index (χ0v) is 18.6. The van der Waals surface area contributed by atoms with Gasteiger partial charge in [-0.2, -0.15) is 0 Å². The third-order valence-electron chi connectivity index (χ3n) is 7.75. The highest BCUT2D eigenvalue weighted by Crippen LogP contribution is 2.53. The lowest BCUT2D eigenvalue weighted by molar-refractivity contribution is -0.948. The molecule has 0 aromatic heterocycles. The van der Waals surface area contributed by atoms with Crippen LogP contribution < -0.4 is 15.1 Å². The summed E-state index contributed by atoms with van der Waals surface area (Å²) in [6.07, 6.45) is 1.62. The Morgan fingerprint density at radius 2 is 1.91 bits per heavy atom. The molecule has 1 spiro atoms. The van der Waals surface area contributed by atoms with Crippen molar-refractivity contribution in [3.63, 3.8) is 0 Å². The van der Waals surface area contributed by atoms with Gasteiger partial charge in [-0.05, 0) is 42.8 Å². The highest BCUT2D eigenvalue weighted by atomic mass is 35.5. The molecule has 5 atom stereocenters. The number of benzene rings is 2. The fraction of sp³-hybridized carbons (Fsp3) is 0.348. The smallest absolute Gasteiger partial charge is 0.291 e. The number of hydrogen-bond donors (Lipinski definition) is 2. The number of anilines is 2. The highest BCUT2D eigenvalue weighted by molar-refractivity contribution is 6.33. The van der Waals surface area contributed by atoms with Gasteiger partial charge < -0.3 is 10.2 Å². The molecule has 3 fully saturated rings. The predicted molar refractivity (Wildman–Crippen MR) is 116 cm³/mol. The van der Waals surface area contributed by atoms with Crippen LogP contribution in [-0.4, -0.2) is 30.3 Å². The average molecular weight is 475 g/mol. The summed E-state index contributed by atoms with van der Waals surface area (Å²) in [5.41, 5.74) is 1.12. The number of imide groups is 1. The van der Waals surface area contributed by atoms with Crippen molar-refractivity contribution in [2.24, 2.45) is 11.8 Å². The number of amides is 3. The topological polar surface area (TPSA) is 70.9 Å². The van der Waals surface area contributed by atoms with Crippen LogP contribution in [0.4, 0.5) is 15.8 Å². The van der Waals surface area contributed by atoms with Crippen molar-refractivity contribution in [2.75, 3.05) is 16.8 Å². The Morgan fingerprint density at radius 3 is 2.66 bits per heavy atom. The van der Waals surface area contributed by atoms with Crippen molar-refractivity contribution in [2.45, 2.75) is 31.3 Å². The lowest BCUT2D eigenvalue weighted by Gasteiger charge is -2.33. The second-order valence-corrected chi connectivity index (χ2v) is 9.81. The number of nitrogens with one attached hydrogen (secondary N) is 2. The molecule has 32 heavy (non-hydrogen) atoms. The first-order chi connectivity index (χ1) is 15.3. The molecular formula is C23H19Cl2FN3O3+. The van der Waals surface area contributed by atoms with Crippen molar-refractivity contribution in [3.8, 4) is 0 Å². The van der Waals surface area contributed by atoms with Crippen LogP contribution in [0.25, 0.3) is 0 Å². The zero-order valence-electron chi connectivity index (χ0n) is 17.0. The van der Waals surface area contributed by atoms with Crippen molar-refractivity contribution < 1.29 is 23.7 Å². The van der Waals surface area contributed by atoms with E-state index < -0.39 is 29.1 Å². The van der Waals surface area contributed by atoms with E-state index >= 15 is 0 Å². The summed E-state index contributed by atoms with van der Waals surface area (Å²) in [4.78, 5) is 43.2. The molecule has 4 heterocycles. The van der Waals surface area contributed by atoms with Crippen LogP contribution in [0.1, 0.15) is 24.0 Å². The number of fused-ring (bicyclic) bond motifs is 7. The summed E-state index contributed by atoms with van der Waals surface area (Å²) in [7, 11) is 0. The maximum atomic E-state index is 13.8. The molecule has 0 saturated carbocycles. The Balaban J connectivity index is 1.56. The molecule has 6 nitrogen and oxygen atoms in total. The highest BCUT2D eigenvalue weighted by Gasteiger charge is 2.78. The first kappa shape index (κ1) is 20.1. The van der Waals surface area contributed by atoms with Crippen LogP contribution in [0.2, 0.25) is 10.0 Å². The van der Waals surface area contributed by atoms with E-state index in [1.165, 1.54) is 12.1 Å². The average Bonchev–Trinajstić information content (AvgIpc) is 3.46. The number of halogens is 3. The van der Waals surface area contributed by atoms with Crippen molar-refractivity contribution in [1.29, 1.82) is 0 Å². The van der Waals surface area contributed by atoms with E-state index in [0.29, 0.717) is 17.3 Å². The van der Waals surface area contributed by atoms with Crippen molar-refractivity contribution >= 4 is 52.3 Å². The van der Waals surface area contributed by atoms with Gasteiger partial charge in [-0.15, -0.1) is 0 Å². The standard InChI is InChI=1S/C23H18Cl2FN3O3/c1-10-13(24)6-5-12-19(10)27-22(32)23(12)18-17(16-3-2-8-28(16)23)20(30)29(21(18)31)11-4-7-15(26)14(25)9-11/h4-7,9,16-18H,2-3,8H2,1H3,(H,27,32)/p+1/t16-,17+,18-,23-/m0/s1. The number of carbonyl (C=O) groups excluding carboxylic acids is 3. The second kappa shape index (κ2) is 6.53. The van der Waals surface area contributed by atoms with Crippen LogP contribution in [-0.2, 0) is 19.9 Å². The third kappa shape index (κ3) is 2.21. The van der Waals surface area contributed by atoms with E-state index in [2.05, 4.69) is 5.32 Å². The van der Waals surface area contributed by atoms with Crippen LogP contribution >= 0.6 is 23.2 Å². The summed E-state index contributed by atoms with van der Waals surface area (Å²) in [5, 5.41) is 3.33. The summed E-state index contributed by atoms with van der Waals surface area (Å²) >= 11 is 12.2. The molecule has 9 heteroatoms. The summed E-state index contributed by atoms with van der Waals surface area (Å²) in [6, 6.07) is 7.20. The quantitative estimate of drug-likeness (QED) is 0.623. The molecule has 0 radical (unpaired) electrons. The Bertz CT molecular complexity index is 1250. The molecule has 0 aliphatic carbocycles. The van der Waals surface area contributed by atoms with E-state index in [1.54, 1.807) is 6.07 Å². The number of quaternary nitrogens is 1. The minimum Gasteiger partial charge on any atom is -0.319 e. The molecule has 4 aliphatic heterocycles. The Hall–Kier alpha value is -2.48. The molecule has 2 N–H and O–H groups in total. The lowest BCUT2D eigenvalue weighted by atomic mass is 9.75. The molecule has 3 amide bonds. The monoisotopic (exact) mass is 474 g/mol. The van der Waals surface area contributed by atoms with Gasteiger partial charge >= 0.3 is 0 Å². The number of nitrogens with zero attached hydrogens (tertiary/aromatic N) is 1. The maximum Gasteiger partial charge on any atom is 0.291 e. The van der Waals surface area contributed by atoms with E-state index in [9.17, 15) is 18.8 Å². The fourth-order valence-corrected chi connectivity index (χ4v) is 6.86. The molecular weight excluding hydrogens is 456 g/mol. The molecule has 2 aromatic carbocycles. The number of carbonyl (C=O) groups is 3. The van der Waals surface area contributed by atoms with Gasteiger partial charge in [-0.3, -0.25) is 14.4 Å². The number of rotatable bonds is 1. The minimum atomic E-state index is -1.19. The Morgan fingerprint density at radius 1 is 1.12 bits per heavy atom. The van der Waals surface area contributed by atoms with Gasteiger partial charge in [-0.1, -0.05) is 23.2 Å². The van der Waals surface area contributed by atoms with Gasteiger partial charge in [0.25, 0.3) is 5.91 Å². The van der Waals surface area contributed by atoms with Crippen LogP contribution in [0.3, 0.4) is 0 Å². The first-order valence-corrected chi connectivity index (χ1v) is 11.3. The zero-order chi connectivity index (χ0) is 22.5. The predicted octanol–water partition coefficient (Wildman–Crippen LogP) is 2.46. The van der Waals surface area contributed by atoms with Crippen LogP contribution in [0, 0.1) is 24.6 Å². The SMILES string of the molecule is Cc1c(Cl)ccc2c1NC(=O)[C@@]21[C@@H]2C(=O)N(c3ccc(F)c(Cl)c3)C(=O)[C@@H]2[C@@H]2CCC[NH+]21. The number of hydrogen-bond acceptors (Lipinski definition) is 3.